The molecule has 1 atom stereocenters. The number of carbonyl (C=O) groups is 1. The lowest BCUT2D eigenvalue weighted by Crippen LogP contribution is -2.42. The molecule has 6 heteroatoms. The van der Waals surface area contributed by atoms with Gasteiger partial charge in [-0.25, -0.2) is 0 Å². The van der Waals surface area contributed by atoms with Gasteiger partial charge in [-0.05, 0) is 40.9 Å². The van der Waals surface area contributed by atoms with Gasteiger partial charge in [0.2, 0.25) is 5.91 Å². The number of rotatable bonds is 6. The molecule has 3 heterocycles. The molecule has 2 aromatic heterocycles. The summed E-state index contributed by atoms with van der Waals surface area (Å²) in [5, 5.41) is 4.29. The van der Waals surface area contributed by atoms with Crippen LogP contribution in [0.5, 0.6) is 5.75 Å². The quantitative estimate of drug-likeness (QED) is 0.601. The largest absolute Gasteiger partial charge is 0.496 e. The van der Waals surface area contributed by atoms with Crippen molar-refractivity contribution in [3.63, 3.8) is 0 Å². The predicted octanol–water partition coefficient (Wildman–Crippen LogP) is 4.42. The minimum Gasteiger partial charge on any atom is -0.496 e. The first kappa shape index (κ1) is 19.2. The van der Waals surface area contributed by atoms with Crippen LogP contribution in [0.25, 0.3) is 0 Å². The van der Waals surface area contributed by atoms with Crippen molar-refractivity contribution < 1.29 is 9.53 Å². The van der Waals surface area contributed by atoms with Crippen molar-refractivity contribution in [1.29, 1.82) is 0 Å². The number of thiophene rings is 2. The van der Waals surface area contributed by atoms with Gasteiger partial charge in [0.05, 0.1) is 19.7 Å². The first-order valence-electron chi connectivity index (χ1n) is 9.37. The molecule has 0 bridgehead atoms. The van der Waals surface area contributed by atoms with Gasteiger partial charge in [-0.15, -0.1) is 22.7 Å². The Morgan fingerprint density at radius 1 is 1.18 bits per heavy atom. The average molecular weight is 413 g/mol. The van der Waals surface area contributed by atoms with Gasteiger partial charge in [0, 0.05) is 35.5 Å². The summed E-state index contributed by atoms with van der Waals surface area (Å²) >= 11 is 3.59. The van der Waals surface area contributed by atoms with Crippen molar-refractivity contribution in [2.45, 2.75) is 19.0 Å². The fourth-order valence-electron chi connectivity index (χ4n) is 3.79. The van der Waals surface area contributed by atoms with E-state index in [-0.39, 0.29) is 11.9 Å². The number of ether oxygens (including phenoxy) is 1. The highest BCUT2D eigenvalue weighted by molar-refractivity contribution is 7.10. The Morgan fingerprint density at radius 3 is 2.82 bits per heavy atom. The number of carbonyl (C=O) groups excluding carboxylic acids is 1. The third kappa shape index (κ3) is 3.85. The zero-order chi connectivity index (χ0) is 19.5. The second kappa shape index (κ2) is 8.47. The predicted molar refractivity (Wildman–Crippen MR) is 115 cm³/mol. The van der Waals surface area contributed by atoms with E-state index in [1.54, 1.807) is 23.3 Å². The number of hydrogen-bond donors (Lipinski definition) is 0. The van der Waals surface area contributed by atoms with Crippen LogP contribution in [-0.2, 0) is 17.8 Å². The lowest BCUT2D eigenvalue weighted by Gasteiger charge is -2.35. The average Bonchev–Trinajstić information content (AvgIpc) is 3.40. The van der Waals surface area contributed by atoms with E-state index in [1.165, 1.54) is 15.3 Å². The summed E-state index contributed by atoms with van der Waals surface area (Å²) in [7, 11) is 3.54. The van der Waals surface area contributed by atoms with Crippen LogP contribution in [0.3, 0.4) is 0 Å². The lowest BCUT2D eigenvalue weighted by atomic mass is 9.98. The zero-order valence-electron chi connectivity index (χ0n) is 16.1. The van der Waals surface area contributed by atoms with Crippen LogP contribution in [0.2, 0.25) is 0 Å². The van der Waals surface area contributed by atoms with Crippen molar-refractivity contribution in [3.8, 4) is 5.75 Å². The van der Waals surface area contributed by atoms with Gasteiger partial charge in [-0.1, -0.05) is 24.3 Å². The Balaban J connectivity index is 1.50. The molecule has 0 saturated carbocycles. The lowest BCUT2D eigenvalue weighted by molar-refractivity contribution is -0.132. The standard InChI is InChI=1S/C22H24N2O2S2/c1-23(14-16-6-3-4-7-18(16)26-2)21(25)15-24-11-9-19-17(10-13-28-19)22(24)20-8-5-12-27-20/h3-8,10,12-13,22H,9,11,14-15H2,1-2H3. The first-order chi connectivity index (χ1) is 13.7. The van der Waals surface area contributed by atoms with Gasteiger partial charge >= 0.3 is 0 Å². The summed E-state index contributed by atoms with van der Waals surface area (Å²) in [6.45, 7) is 1.87. The number of hydrogen-bond acceptors (Lipinski definition) is 5. The maximum atomic E-state index is 13.0. The zero-order valence-corrected chi connectivity index (χ0v) is 17.8. The molecular formula is C22H24N2O2S2. The van der Waals surface area contributed by atoms with E-state index in [2.05, 4.69) is 33.9 Å². The highest BCUT2D eigenvalue weighted by Crippen LogP contribution is 2.39. The second-order valence-corrected chi connectivity index (χ2v) is 8.98. The molecule has 1 unspecified atom stereocenters. The molecular weight excluding hydrogens is 388 g/mol. The number of para-hydroxylation sites is 1. The summed E-state index contributed by atoms with van der Waals surface area (Å²) in [5.74, 6) is 0.950. The van der Waals surface area contributed by atoms with Crippen LogP contribution in [0.15, 0.2) is 53.2 Å². The third-order valence-electron chi connectivity index (χ3n) is 5.24. The van der Waals surface area contributed by atoms with Gasteiger partial charge in [-0.2, -0.15) is 0 Å². The monoisotopic (exact) mass is 412 g/mol. The molecule has 0 fully saturated rings. The van der Waals surface area contributed by atoms with Crippen LogP contribution in [-0.4, -0.2) is 43.0 Å². The molecule has 4 nitrogen and oxygen atoms in total. The second-order valence-electron chi connectivity index (χ2n) is 7.00. The highest BCUT2D eigenvalue weighted by atomic mass is 32.1. The van der Waals surface area contributed by atoms with Gasteiger partial charge in [0.15, 0.2) is 0 Å². The van der Waals surface area contributed by atoms with E-state index < -0.39 is 0 Å². The van der Waals surface area contributed by atoms with Gasteiger partial charge in [0.1, 0.15) is 5.75 Å². The van der Waals surface area contributed by atoms with E-state index in [9.17, 15) is 4.79 Å². The summed E-state index contributed by atoms with van der Waals surface area (Å²) in [4.78, 5) is 19.9. The number of amides is 1. The third-order valence-corrected chi connectivity index (χ3v) is 7.16. The number of benzene rings is 1. The molecule has 0 N–H and O–H groups in total. The first-order valence-corrected chi connectivity index (χ1v) is 11.1. The summed E-state index contributed by atoms with van der Waals surface area (Å²) < 4.78 is 5.43. The fraction of sp³-hybridized carbons (Fsp3) is 0.318. The number of fused-ring (bicyclic) bond motifs is 1. The van der Waals surface area contributed by atoms with Gasteiger partial charge in [0.25, 0.3) is 0 Å². The summed E-state index contributed by atoms with van der Waals surface area (Å²) in [6, 6.07) is 14.5. The summed E-state index contributed by atoms with van der Waals surface area (Å²) in [5.41, 5.74) is 2.38. The van der Waals surface area contributed by atoms with Crippen LogP contribution >= 0.6 is 22.7 Å². The topological polar surface area (TPSA) is 32.8 Å². The Hall–Kier alpha value is -2.15. The molecule has 1 aromatic carbocycles. The van der Waals surface area contributed by atoms with Crippen molar-refractivity contribution in [2.24, 2.45) is 0 Å². The smallest absolute Gasteiger partial charge is 0.236 e. The van der Waals surface area contributed by atoms with Crippen molar-refractivity contribution >= 4 is 28.6 Å². The molecule has 4 rings (SSSR count). The maximum Gasteiger partial charge on any atom is 0.236 e. The van der Waals surface area contributed by atoms with E-state index in [4.69, 9.17) is 4.74 Å². The van der Waals surface area contributed by atoms with Gasteiger partial charge < -0.3 is 9.64 Å². The summed E-state index contributed by atoms with van der Waals surface area (Å²) in [6.07, 6.45) is 1.01. The van der Waals surface area contributed by atoms with E-state index >= 15 is 0 Å². The Morgan fingerprint density at radius 2 is 2.04 bits per heavy atom. The molecule has 0 spiro atoms. The Bertz CT molecular complexity index is 936. The minimum absolute atomic E-state index is 0.131. The van der Waals surface area contributed by atoms with Crippen LogP contribution in [0, 0.1) is 0 Å². The van der Waals surface area contributed by atoms with Crippen LogP contribution in [0.1, 0.15) is 26.9 Å². The maximum absolute atomic E-state index is 13.0. The van der Waals surface area contributed by atoms with E-state index in [1.807, 2.05) is 42.6 Å². The molecule has 1 amide bonds. The number of likely N-dealkylation sites (N-methyl/N-ethyl adjacent to an activating group) is 1. The van der Waals surface area contributed by atoms with E-state index in [0.29, 0.717) is 13.1 Å². The molecule has 0 saturated heterocycles. The number of nitrogens with zero attached hydrogens (tertiary/aromatic N) is 2. The molecule has 146 valence electrons. The SMILES string of the molecule is COc1ccccc1CN(C)C(=O)CN1CCc2sccc2C1c1cccs1. The van der Waals surface area contributed by atoms with Crippen LogP contribution < -0.4 is 4.74 Å². The Kier molecular flexibility index (Phi) is 5.80. The van der Waals surface area contributed by atoms with E-state index in [0.717, 1.165) is 24.3 Å². The molecule has 28 heavy (non-hydrogen) atoms. The normalized spacial score (nSPS) is 16.6. The fourth-order valence-corrected chi connectivity index (χ4v) is 5.57. The molecule has 1 aliphatic heterocycles. The number of methoxy groups -OCH3 is 1. The molecule has 3 aromatic rings. The molecule has 1 aliphatic rings. The molecule has 0 radical (unpaired) electrons. The highest BCUT2D eigenvalue weighted by Gasteiger charge is 2.32. The van der Waals surface area contributed by atoms with Crippen molar-refractivity contribution in [2.75, 3.05) is 27.2 Å². The van der Waals surface area contributed by atoms with Crippen LogP contribution in [0.4, 0.5) is 0 Å². The molecule has 0 aliphatic carbocycles. The Labute approximate surface area is 174 Å². The van der Waals surface area contributed by atoms with Crippen molar-refractivity contribution in [1.82, 2.24) is 9.80 Å². The van der Waals surface area contributed by atoms with Crippen molar-refractivity contribution in [3.05, 3.63) is 74.1 Å². The minimum atomic E-state index is 0.131. The van der Waals surface area contributed by atoms with Gasteiger partial charge in [-0.3, -0.25) is 9.69 Å².